The van der Waals surface area contributed by atoms with Crippen LogP contribution in [0.4, 0.5) is 0 Å². The van der Waals surface area contributed by atoms with Gasteiger partial charge in [-0.15, -0.1) is 0 Å². The summed E-state index contributed by atoms with van der Waals surface area (Å²) in [6, 6.07) is 10.5. The van der Waals surface area contributed by atoms with E-state index in [0.717, 1.165) is 37.3 Å². The topological polar surface area (TPSA) is 39.1 Å². The van der Waals surface area contributed by atoms with E-state index < -0.39 is 0 Å². The molecule has 16 heavy (non-hydrogen) atoms. The van der Waals surface area contributed by atoms with E-state index in [4.69, 9.17) is 5.26 Å². The summed E-state index contributed by atoms with van der Waals surface area (Å²) in [6.07, 6.45) is 0. The minimum atomic E-state index is 0.331. The summed E-state index contributed by atoms with van der Waals surface area (Å²) in [5.74, 6) is 0. The van der Waals surface area contributed by atoms with E-state index in [1.165, 1.54) is 0 Å². The molecule has 1 aromatic rings. The first-order chi connectivity index (χ1) is 7.83. The van der Waals surface area contributed by atoms with Crippen molar-refractivity contribution in [2.75, 3.05) is 26.2 Å². The Labute approximate surface area is 96.7 Å². The van der Waals surface area contributed by atoms with Crippen LogP contribution in [0, 0.1) is 11.3 Å². The first kappa shape index (κ1) is 11.1. The van der Waals surface area contributed by atoms with Crippen LogP contribution >= 0.6 is 0 Å². The van der Waals surface area contributed by atoms with Crippen molar-refractivity contribution in [2.45, 2.75) is 13.0 Å². The zero-order valence-electron chi connectivity index (χ0n) is 9.61. The fourth-order valence-corrected chi connectivity index (χ4v) is 2.23. The minimum Gasteiger partial charge on any atom is -0.314 e. The summed E-state index contributed by atoms with van der Waals surface area (Å²) in [4.78, 5) is 2.42. The third-order valence-corrected chi connectivity index (χ3v) is 3.23. The lowest BCUT2D eigenvalue weighted by Crippen LogP contribution is -2.44. The van der Waals surface area contributed by atoms with Crippen molar-refractivity contribution in [2.24, 2.45) is 0 Å². The number of nitriles is 1. The zero-order chi connectivity index (χ0) is 11.4. The van der Waals surface area contributed by atoms with Crippen molar-refractivity contribution in [1.29, 1.82) is 5.26 Å². The summed E-state index contributed by atoms with van der Waals surface area (Å²) >= 11 is 0. The molecule has 1 aliphatic heterocycles. The number of piperazine rings is 1. The first-order valence-electron chi connectivity index (χ1n) is 5.76. The highest BCUT2D eigenvalue weighted by atomic mass is 15.2. The van der Waals surface area contributed by atoms with Gasteiger partial charge in [0.25, 0.3) is 0 Å². The predicted molar refractivity (Wildman–Crippen MR) is 64.0 cm³/mol. The maximum absolute atomic E-state index is 9.08. The Morgan fingerprint density at radius 1 is 1.31 bits per heavy atom. The van der Waals surface area contributed by atoms with E-state index in [0.29, 0.717) is 6.04 Å². The summed E-state index contributed by atoms with van der Waals surface area (Å²) in [7, 11) is 0. The van der Waals surface area contributed by atoms with Gasteiger partial charge in [-0.2, -0.15) is 5.26 Å². The zero-order valence-corrected chi connectivity index (χ0v) is 9.61. The Balaban J connectivity index is 2.19. The molecular formula is C13H17N3. The Kier molecular flexibility index (Phi) is 3.55. The smallest absolute Gasteiger partial charge is 0.0995 e. The minimum absolute atomic E-state index is 0.331. The van der Waals surface area contributed by atoms with Gasteiger partial charge in [0.05, 0.1) is 11.6 Å². The highest BCUT2D eigenvalue weighted by Crippen LogP contribution is 2.23. The van der Waals surface area contributed by atoms with E-state index in [2.05, 4.69) is 29.3 Å². The van der Waals surface area contributed by atoms with Gasteiger partial charge in [-0.1, -0.05) is 18.2 Å². The summed E-state index contributed by atoms with van der Waals surface area (Å²) < 4.78 is 0. The van der Waals surface area contributed by atoms with Gasteiger partial charge in [-0.3, -0.25) is 4.90 Å². The second-order valence-corrected chi connectivity index (χ2v) is 4.16. The lowest BCUT2D eigenvalue weighted by molar-refractivity contribution is 0.185. The van der Waals surface area contributed by atoms with Gasteiger partial charge in [0.1, 0.15) is 0 Å². The fraction of sp³-hybridized carbons (Fsp3) is 0.462. The lowest BCUT2D eigenvalue weighted by Gasteiger charge is -2.33. The highest BCUT2D eigenvalue weighted by molar-refractivity contribution is 5.39. The van der Waals surface area contributed by atoms with Crippen molar-refractivity contribution < 1.29 is 0 Å². The summed E-state index contributed by atoms with van der Waals surface area (Å²) in [5.41, 5.74) is 1.94. The molecule has 3 heteroatoms. The van der Waals surface area contributed by atoms with Gasteiger partial charge in [-0.05, 0) is 18.6 Å². The Hall–Kier alpha value is -1.37. The van der Waals surface area contributed by atoms with E-state index in [9.17, 15) is 0 Å². The van der Waals surface area contributed by atoms with E-state index in [1.54, 1.807) is 0 Å². The second kappa shape index (κ2) is 5.11. The number of hydrogen-bond acceptors (Lipinski definition) is 3. The lowest BCUT2D eigenvalue weighted by atomic mass is 10.0. The molecule has 0 radical (unpaired) electrons. The molecule has 0 bridgehead atoms. The van der Waals surface area contributed by atoms with Gasteiger partial charge in [0.2, 0.25) is 0 Å². The third kappa shape index (κ3) is 2.24. The molecule has 1 fully saturated rings. The molecule has 1 atom stereocenters. The normalized spacial score (nSPS) is 19.0. The van der Waals surface area contributed by atoms with Gasteiger partial charge < -0.3 is 5.32 Å². The van der Waals surface area contributed by atoms with Gasteiger partial charge in [0, 0.05) is 32.2 Å². The van der Waals surface area contributed by atoms with Crippen LogP contribution in [0.25, 0.3) is 0 Å². The Morgan fingerprint density at radius 3 is 2.69 bits per heavy atom. The predicted octanol–water partition coefficient (Wildman–Crippen LogP) is 1.52. The van der Waals surface area contributed by atoms with Crippen LogP contribution < -0.4 is 5.32 Å². The molecule has 0 saturated carbocycles. The first-order valence-corrected chi connectivity index (χ1v) is 5.76. The fourth-order valence-electron chi connectivity index (χ4n) is 2.23. The quantitative estimate of drug-likeness (QED) is 0.813. The molecule has 0 aromatic heterocycles. The van der Waals surface area contributed by atoms with Crippen LogP contribution in [-0.2, 0) is 0 Å². The van der Waals surface area contributed by atoms with Crippen molar-refractivity contribution in [3.63, 3.8) is 0 Å². The summed E-state index contributed by atoms with van der Waals surface area (Å²) in [6.45, 7) is 6.38. The molecule has 1 N–H and O–H groups in total. The van der Waals surface area contributed by atoms with Crippen LogP contribution in [0.5, 0.6) is 0 Å². The number of rotatable bonds is 2. The Bertz CT molecular complexity index is 388. The molecule has 0 spiro atoms. The average molecular weight is 215 g/mol. The van der Waals surface area contributed by atoms with Crippen LogP contribution in [0.2, 0.25) is 0 Å². The Morgan fingerprint density at radius 2 is 2.00 bits per heavy atom. The molecular weight excluding hydrogens is 198 g/mol. The maximum atomic E-state index is 9.08. The molecule has 0 unspecified atom stereocenters. The van der Waals surface area contributed by atoms with Crippen molar-refractivity contribution in [3.8, 4) is 6.07 Å². The molecule has 1 heterocycles. The molecule has 3 nitrogen and oxygen atoms in total. The molecule has 0 aliphatic carbocycles. The molecule has 0 amide bonds. The molecule has 1 aromatic carbocycles. The number of hydrogen-bond donors (Lipinski definition) is 1. The van der Waals surface area contributed by atoms with Gasteiger partial charge in [0.15, 0.2) is 0 Å². The number of nitrogens with one attached hydrogen (secondary N) is 1. The number of benzene rings is 1. The van der Waals surface area contributed by atoms with Crippen molar-refractivity contribution in [3.05, 3.63) is 35.4 Å². The van der Waals surface area contributed by atoms with Crippen LogP contribution in [0.3, 0.4) is 0 Å². The summed E-state index contributed by atoms with van der Waals surface area (Å²) in [5, 5.41) is 12.4. The SMILES string of the molecule is C[C@@H](c1ccccc1C#N)N1CCNCC1. The van der Waals surface area contributed by atoms with E-state index in [-0.39, 0.29) is 0 Å². The average Bonchev–Trinajstić information content (AvgIpc) is 2.39. The monoisotopic (exact) mass is 215 g/mol. The standard InChI is InChI=1S/C13H17N3/c1-11(16-8-6-15-7-9-16)13-5-3-2-4-12(13)10-14/h2-5,11,15H,6-9H2,1H3/t11-/m0/s1. The van der Waals surface area contributed by atoms with Gasteiger partial charge in [-0.25, -0.2) is 0 Å². The van der Waals surface area contributed by atoms with Crippen molar-refractivity contribution >= 4 is 0 Å². The largest absolute Gasteiger partial charge is 0.314 e. The second-order valence-electron chi connectivity index (χ2n) is 4.16. The van der Waals surface area contributed by atoms with E-state index in [1.807, 2.05) is 18.2 Å². The molecule has 84 valence electrons. The molecule has 2 rings (SSSR count). The van der Waals surface area contributed by atoms with Crippen molar-refractivity contribution in [1.82, 2.24) is 10.2 Å². The molecule has 1 saturated heterocycles. The van der Waals surface area contributed by atoms with Crippen LogP contribution in [0.1, 0.15) is 24.1 Å². The highest BCUT2D eigenvalue weighted by Gasteiger charge is 2.19. The van der Waals surface area contributed by atoms with Crippen LogP contribution in [0.15, 0.2) is 24.3 Å². The van der Waals surface area contributed by atoms with Gasteiger partial charge >= 0.3 is 0 Å². The molecule has 1 aliphatic rings. The van der Waals surface area contributed by atoms with E-state index >= 15 is 0 Å². The van der Waals surface area contributed by atoms with Crippen LogP contribution in [-0.4, -0.2) is 31.1 Å². The maximum Gasteiger partial charge on any atom is 0.0995 e. The third-order valence-electron chi connectivity index (χ3n) is 3.23. The number of nitrogens with zero attached hydrogens (tertiary/aromatic N) is 2.